The molecule has 0 heterocycles. The van der Waals surface area contributed by atoms with E-state index >= 15 is 0 Å². The third-order valence-electron chi connectivity index (χ3n) is 3.12. The largest absolute Gasteiger partial charge is 0.481 e. The molecular weight excluding hydrogens is 228 g/mol. The average Bonchev–Trinajstić information content (AvgIpc) is 2.21. The van der Waals surface area contributed by atoms with Crippen molar-refractivity contribution in [2.45, 2.75) is 34.1 Å². The molecular formula is C14H30N2O2. The van der Waals surface area contributed by atoms with Gasteiger partial charge in [0.05, 0.1) is 5.41 Å². The predicted molar refractivity (Wildman–Crippen MR) is 75.9 cm³/mol. The molecule has 0 aliphatic heterocycles. The van der Waals surface area contributed by atoms with E-state index in [-0.39, 0.29) is 0 Å². The van der Waals surface area contributed by atoms with Crippen LogP contribution in [0.25, 0.3) is 0 Å². The molecule has 0 radical (unpaired) electrons. The summed E-state index contributed by atoms with van der Waals surface area (Å²) in [6, 6.07) is 0. The lowest BCUT2D eigenvalue weighted by atomic mass is 9.89. The molecule has 4 heteroatoms. The van der Waals surface area contributed by atoms with Crippen LogP contribution in [-0.4, -0.2) is 61.2 Å². The summed E-state index contributed by atoms with van der Waals surface area (Å²) < 4.78 is 0. The molecule has 0 saturated heterocycles. The van der Waals surface area contributed by atoms with Crippen LogP contribution in [0.4, 0.5) is 0 Å². The van der Waals surface area contributed by atoms with E-state index in [1.807, 2.05) is 0 Å². The van der Waals surface area contributed by atoms with E-state index in [0.29, 0.717) is 12.3 Å². The SMILES string of the molecule is CC(C)CN(CCN(C)C)CCC(C)(C)C(=O)O. The summed E-state index contributed by atoms with van der Waals surface area (Å²) in [6.45, 7) is 11.9. The summed E-state index contributed by atoms with van der Waals surface area (Å²) in [5.74, 6) is -0.0975. The summed E-state index contributed by atoms with van der Waals surface area (Å²) in [5.41, 5.74) is -0.632. The van der Waals surface area contributed by atoms with Crippen LogP contribution in [0.2, 0.25) is 0 Å². The molecule has 0 fully saturated rings. The highest BCUT2D eigenvalue weighted by atomic mass is 16.4. The second kappa shape index (κ2) is 7.74. The van der Waals surface area contributed by atoms with E-state index in [9.17, 15) is 4.79 Å². The minimum atomic E-state index is -0.709. The predicted octanol–water partition coefficient (Wildman–Crippen LogP) is 2.01. The quantitative estimate of drug-likeness (QED) is 0.687. The van der Waals surface area contributed by atoms with Crippen molar-refractivity contribution in [3.8, 4) is 0 Å². The van der Waals surface area contributed by atoms with Gasteiger partial charge in [-0.05, 0) is 46.8 Å². The number of carboxylic acid groups (broad SMARTS) is 1. The second-order valence-corrected chi connectivity index (χ2v) is 6.44. The molecule has 108 valence electrons. The number of nitrogens with zero attached hydrogens (tertiary/aromatic N) is 2. The summed E-state index contributed by atoms with van der Waals surface area (Å²) in [7, 11) is 4.13. The van der Waals surface area contributed by atoms with Crippen LogP contribution >= 0.6 is 0 Å². The fourth-order valence-electron chi connectivity index (χ4n) is 1.70. The van der Waals surface area contributed by atoms with Gasteiger partial charge in [0.1, 0.15) is 0 Å². The number of carboxylic acids is 1. The fourth-order valence-corrected chi connectivity index (χ4v) is 1.70. The van der Waals surface area contributed by atoms with Gasteiger partial charge in [-0.25, -0.2) is 0 Å². The molecule has 0 aliphatic carbocycles. The molecule has 4 nitrogen and oxygen atoms in total. The van der Waals surface area contributed by atoms with Crippen molar-refractivity contribution in [3.63, 3.8) is 0 Å². The molecule has 0 saturated carbocycles. The third-order valence-corrected chi connectivity index (χ3v) is 3.12. The van der Waals surface area contributed by atoms with Gasteiger partial charge in [0, 0.05) is 19.6 Å². The van der Waals surface area contributed by atoms with Crippen LogP contribution in [0, 0.1) is 11.3 Å². The van der Waals surface area contributed by atoms with Crippen LogP contribution < -0.4 is 0 Å². The summed E-state index contributed by atoms with van der Waals surface area (Å²) in [6.07, 6.45) is 0.697. The summed E-state index contributed by atoms with van der Waals surface area (Å²) in [4.78, 5) is 15.6. The molecule has 0 rings (SSSR count). The van der Waals surface area contributed by atoms with Crippen molar-refractivity contribution in [2.24, 2.45) is 11.3 Å². The van der Waals surface area contributed by atoms with Gasteiger partial charge in [-0.2, -0.15) is 0 Å². The molecule has 0 amide bonds. The first-order chi connectivity index (χ1) is 8.15. The average molecular weight is 258 g/mol. The molecule has 1 N–H and O–H groups in total. The van der Waals surface area contributed by atoms with E-state index in [2.05, 4.69) is 37.7 Å². The summed E-state index contributed by atoms with van der Waals surface area (Å²) >= 11 is 0. The lowest BCUT2D eigenvalue weighted by molar-refractivity contribution is -0.147. The molecule has 18 heavy (non-hydrogen) atoms. The zero-order chi connectivity index (χ0) is 14.3. The van der Waals surface area contributed by atoms with Crippen molar-refractivity contribution in [2.75, 3.05) is 40.3 Å². The molecule has 0 unspecified atom stereocenters. The zero-order valence-electron chi connectivity index (χ0n) is 12.9. The van der Waals surface area contributed by atoms with Gasteiger partial charge in [-0.1, -0.05) is 13.8 Å². The van der Waals surface area contributed by atoms with Crippen LogP contribution in [-0.2, 0) is 4.79 Å². The zero-order valence-corrected chi connectivity index (χ0v) is 12.9. The highest BCUT2D eigenvalue weighted by Gasteiger charge is 2.27. The molecule has 0 spiro atoms. The number of rotatable bonds is 9. The lowest BCUT2D eigenvalue weighted by Crippen LogP contribution is -2.38. The highest BCUT2D eigenvalue weighted by Crippen LogP contribution is 2.21. The van der Waals surface area contributed by atoms with E-state index < -0.39 is 11.4 Å². The monoisotopic (exact) mass is 258 g/mol. The Hall–Kier alpha value is -0.610. The van der Waals surface area contributed by atoms with Crippen molar-refractivity contribution < 1.29 is 9.90 Å². The summed E-state index contributed by atoms with van der Waals surface area (Å²) in [5, 5.41) is 9.13. The molecule has 0 aromatic carbocycles. The Morgan fingerprint density at radius 1 is 1.17 bits per heavy atom. The van der Waals surface area contributed by atoms with Crippen LogP contribution in [0.3, 0.4) is 0 Å². The topological polar surface area (TPSA) is 43.8 Å². The number of likely N-dealkylation sites (N-methyl/N-ethyl adjacent to an activating group) is 1. The molecule has 0 bridgehead atoms. The Bertz CT molecular complexity index is 250. The van der Waals surface area contributed by atoms with Crippen molar-refractivity contribution >= 4 is 5.97 Å². The first-order valence-corrected chi connectivity index (χ1v) is 6.75. The maximum Gasteiger partial charge on any atom is 0.309 e. The van der Waals surface area contributed by atoms with Gasteiger partial charge in [0.15, 0.2) is 0 Å². The molecule has 0 aromatic heterocycles. The molecule has 0 aromatic rings. The third kappa shape index (κ3) is 7.67. The van der Waals surface area contributed by atoms with Crippen LogP contribution in [0.15, 0.2) is 0 Å². The minimum Gasteiger partial charge on any atom is -0.481 e. The van der Waals surface area contributed by atoms with Crippen LogP contribution in [0.1, 0.15) is 34.1 Å². The Labute approximate surface area is 112 Å². The van der Waals surface area contributed by atoms with Crippen molar-refractivity contribution in [1.82, 2.24) is 9.80 Å². The van der Waals surface area contributed by atoms with Crippen molar-refractivity contribution in [1.29, 1.82) is 0 Å². The normalized spacial score (nSPS) is 12.7. The van der Waals surface area contributed by atoms with E-state index in [1.165, 1.54) is 0 Å². The smallest absolute Gasteiger partial charge is 0.309 e. The number of carbonyl (C=O) groups is 1. The van der Waals surface area contributed by atoms with E-state index in [1.54, 1.807) is 13.8 Å². The Morgan fingerprint density at radius 3 is 2.11 bits per heavy atom. The second-order valence-electron chi connectivity index (χ2n) is 6.44. The van der Waals surface area contributed by atoms with Gasteiger partial charge in [0.2, 0.25) is 0 Å². The first-order valence-electron chi connectivity index (χ1n) is 6.75. The van der Waals surface area contributed by atoms with Crippen molar-refractivity contribution in [3.05, 3.63) is 0 Å². The van der Waals surface area contributed by atoms with Gasteiger partial charge in [-0.3, -0.25) is 4.79 Å². The van der Waals surface area contributed by atoms with Gasteiger partial charge < -0.3 is 14.9 Å². The number of aliphatic carboxylic acids is 1. The minimum absolute atomic E-state index is 0.611. The molecule has 0 aliphatic rings. The maximum absolute atomic E-state index is 11.1. The van der Waals surface area contributed by atoms with Gasteiger partial charge >= 0.3 is 5.97 Å². The van der Waals surface area contributed by atoms with E-state index in [4.69, 9.17) is 5.11 Å². The fraction of sp³-hybridized carbons (Fsp3) is 0.929. The number of hydrogen-bond donors (Lipinski definition) is 1. The molecule has 0 atom stereocenters. The standard InChI is InChI=1S/C14H30N2O2/c1-12(2)11-16(10-9-15(5)6)8-7-14(3,4)13(17)18/h12H,7-11H2,1-6H3,(H,17,18). The number of hydrogen-bond acceptors (Lipinski definition) is 3. The Morgan fingerprint density at radius 2 is 1.72 bits per heavy atom. The first kappa shape index (κ1) is 17.4. The van der Waals surface area contributed by atoms with E-state index in [0.717, 1.165) is 26.2 Å². The maximum atomic E-state index is 11.1. The Balaban J connectivity index is 4.27. The lowest BCUT2D eigenvalue weighted by Gasteiger charge is -2.29. The Kier molecular flexibility index (Phi) is 7.48. The van der Waals surface area contributed by atoms with Crippen LogP contribution in [0.5, 0.6) is 0 Å². The highest BCUT2D eigenvalue weighted by molar-refractivity contribution is 5.73. The van der Waals surface area contributed by atoms with Gasteiger partial charge in [-0.15, -0.1) is 0 Å². The van der Waals surface area contributed by atoms with Gasteiger partial charge in [0.25, 0.3) is 0 Å².